The summed E-state index contributed by atoms with van der Waals surface area (Å²) in [5, 5.41) is 0.180. The maximum atomic E-state index is 13.1. The molecule has 82 valence electrons. The molecule has 5 heteroatoms. The van der Waals surface area contributed by atoms with Gasteiger partial charge in [0, 0.05) is 0 Å². The minimum absolute atomic E-state index is 0.0350. The minimum atomic E-state index is -0.549. The van der Waals surface area contributed by atoms with Gasteiger partial charge in [0.1, 0.15) is 0 Å². The van der Waals surface area contributed by atoms with Crippen molar-refractivity contribution >= 4 is 17.6 Å². The van der Waals surface area contributed by atoms with Gasteiger partial charge < -0.3 is 9.47 Å². The lowest BCUT2D eigenvalue weighted by atomic mass is 10.3. The number of hydrogen-bond acceptors (Lipinski definition) is 3. The van der Waals surface area contributed by atoms with Crippen molar-refractivity contribution in [1.29, 1.82) is 0 Å². The van der Waals surface area contributed by atoms with Gasteiger partial charge in [-0.05, 0) is 12.1 Å². The molecule has 0 unspecified atom stereocenters. The summed E-state index contributed by atoms with van der Waals surface area (Å²) < 4.78 is 22.6. The van der Waals surface area contributed by atoms with Crippen LogP contribution in [0.2, 0.25) is 5.02 Å². The number of esters is 1. The predicted octanol–water partition coefficient (Wildman–Crippen LogP) is 2.42. The van der Waals surface area contributed by atoms with Crippen molar-refractivity contribution in [2.24, 2.45) is 0 Å². The van der Waals surface area contributed by atoms with E-state index < -0.39 is 11.8 Å². The molecule has 0 radical (unpaired) electrons. The van der Waals surface area contributed by atoms with Crippen molar-refractivity contribution in [3.8, 4) is 5.75 Å². The number of benzene rings is 1. The van der Waals surface area contributed by atoms with E-state index in [9.17, 15) is 9.18 Å². The Morgan fingerprint density at radius 1 is 1.53 bits per heavy atom. The van der Waals surface area contributed by atoms with E-state index in [2.05, 4.69) is 4.74 Å². The molecule has 1 aromatic carbocycles. The molecule has 1 rings (SSSR count). The summed E-state index contributed by atoms with van der Waals surface area (Å²) in [6.45, 7) is 0.0350. The van der Waals surface area contributed by atoms with E-state index in [1.165, 1.54) is 25.3 Å². The van der Waals surface area contributed by atoms with Crippen molar-refractivity contribution in [3.63, 3.8) is 0 Å². The number of rotatable bonds is 4. The molecular formula is C10H10ClFO3. The maximum absolute atomic E-state index is 13.1. The van der Waals surface area contributed by atoms with Gasteiger partial charge in [-0.1, -0.05) is 17.7 Å². The van der Waals surface area contributed by atoms with Crippen LogP contribution in [0.4, 0.5) is 4.39 Å². The molecule has 0 aliphatic rings. The largest absolute Gasteiger partial charge is 0.488 e. The van der Waals surface area contributed by atoms with E-state index in [1.807, 2.05) is 0 Å². The van der Waals surface area contributed by atoms with Crippen LogP contribution in [0, 0.1) is 5.82 Å². The first-order valence-corrected chi connectivity index (χ1v) is 4.66. The molecule has 0 heterocycles. The van der Waals surface area contributed by atoms with Crippen molar-refractivity contribution in [2.75, 3.05) is 13.7 Å². The van der Waals surface area contributed by atoms with Crippen LogP contribution in [0.1, 0.15) is 6.42 Å². The first kappa shape index (κ1) is 11.8. The summed E-state index contributed by atoms with van der Waals surface area (Å²) in [5.41, 5.74) is 0. The lowest BCUT2D eigenvalue weighted by Crippen LogP contribution is -2.08. The van der Waals surface area contributed by atoms with Crippen LogP contribution in [0.15, 0.2) is 18.2 Å². The highest BCUT2D eigenvalue weighted by Crippen LogP contribution is 2.27. The summed E-state index contributed by atoms with van der Waals surface area (Å²) in [5.74, 6) is -1.00. The Bertz CT molecular complexity index is 334. The topological polar surface area (TPSA) is 35.5 Å². The predicted molar refractivity (Wildman–Crippen MR) is 53.5 cm³/mol. The quantitative estimate of drug-likeness (QED) is 0.748. The fourth-order valence-electron chi connectivity index (χ4n) is 0.959. The molecule has 0 fully saturated rings. The van der Waals surface area contributed by atoms with Gasteiger partial charge >= 0.3 is 5.97 Å². The van der Waals surface area contributed by atoms with E-state index in [-0.39, 0.29) is 23.8 Å². The van der Waals surface area contributed by atoms with Gasteiger partial charge in [-0.15, -0.1) is 0 Å². The molecule has 0 saturated heterocycles. The van der Waals surface area contributed by atoms with Crippen LogP contribution < -0.4 is 4.74 Å². The van der Waals surface area contributed by atoms with Crippen LogP contribution >= 0.6 is 11.6 Å². The Hall–Kier alpha value is -1.29. The van der Waals surface area contributed by atoms with Crippen LogP contribution in [0.5, 0.6) is 5.75 Å². The number of hydrogen-bond donors (Lipinski definition) is 0. The highest BCUT2D eigenvalue weighted by Gasteiger charge is 2.08. The van der Waals surface area contributed by atoms with Gasteiger partial charge in [-0.2, -0.15) is 0 Å². The third kappa shape index (κ3) is 3.40. The first-order chi connectivity index (χ1) is 7.15. The van der Waals surface area contributed by atoms with E-state index >= 15 is 0 Å². The number of methoxy groups -OCH3 is 1. The fourth-order valence-corrected chi connectivity index (χ4v) is 1.18. The summed E-state index contributed by atoms with van der Waals surface area (Å²) in [6.07, 6.45) is 0.0567. The molecule has 0 atom stereocenters. The molecule has 0 amide bonds. The van der Waals surface area contributed by atoms with Gasteiger partial charge in [-0.3, -0.25) is 4.79 Å². The number of para-hydroxylation sites is 1. The Kier molecular flexibility index (Phi) is 4.37. The molecule has 1 aromatic rings. The molecule has 0 N–H and O–H groups in total. The van der Waals surface area contributed by atoms with Crippen LogP contribution in [-0.2, 0) is 9.53 Å². The SMILES string of the molecule is COC(=O)CCOc1c(F)cccc1Cl. The lowest BCUT2D eigenvalue weighted by molar-refractivity contribution is -0.141. The van der Waals surface area contributed by atoms with Gasteiger partial charge in [0.25, 0.3) is 0 Å². The molecule has 0 saturated carbocycles. The zero-order chi connectivity index (χ0) is 11.3. The third-order valence-electron chi connectivity index (χ3n) is 1.70. The number of carbonyl (C=O) groups excluding carboxylic acids is 1. The molecular weight excluding hydrogens is 223 g/mol. The second-order valence-corrected chi connectivity index (χ2v) is 3.13. The van der Waals surface area contributed by atoms with Gasteiger partial charge in [-0.25, -0.2) is 4.39 Å². The summed E-state index contributed by atoms with van der Waals surface area (Å²) >= 11 is 5.70. The average Bonchev–Trinajstić information content (AvgIpc) is 2.22. The highest BCUT2D eigenvalue weighted by atomic mass is 35.5. The van der Waals surface area contributed by atoms with E-state index in [0.717, 1.165) is 0 Å². The summed E-state index contributed by atoms with van der Waals surface area (Å²) in [4.78, 5) is 10.7. The molecule has 15 heavy (non-hydrogen) atoms. The second kappa shape index (κ2) is 5.56. The Labute approximate surface area is 91.7 Å². The summed E-state index contributed by atoms with van der Waals surface area (Å²) in [6, 6.07) is 4.22. The molecule has 0 spiro atoms. The standard InChI is InChI=1S/C10H10ClFO3/c1-14-9(13)5-6-15-10-7(11)3-2-4-8(10)12/h2-4H,5-6H2,1H3. The number of carbonyl (C=O) groups is 1. The second-order valence-electron chi connectivity index (χ2n) is 2.73. The molecule has 0 aromatic heterocycles. The minimum Gasteiger partial charge on any atom is -0.488 e. The average molecular weight is 233 g/mol. The molecule has 3 nitrogen and oxygen atoms in total. The zero-order valence-electron chi connectivity index (χ0n) is 8.13. The van der Waals surface area contributed by atoms with Crippen LogP contribution in [0.3, 0.4) is 0 Å². The maximum Gasteiger partial charge on any atom is 0.308 e. The van der Waals surface area contributed by atoms with Crippen LogP contribution in [0.25, 0.3) is 0 Å². The first-order valence-electron chi connectivity index (χ1n) is 4.28. The van der Waals surface area contributed by atoms with Crippen molar-refractivity contribution in [3.05, 3.63) is 29.0 Å². The monoisotopic (exact) mass is 232 g/mol. The lowest BCUT2D eigenvalue weighted by Gasteiger charge is -2.07. The van der Waals surface area contributed by atoms with E-state index in [1.54, 1.807) is 0 Å². The smallest absolute Gasteiger partial charge is 0.308 e. The highest BCUT2D eigenvalue weighted by molar-refractivity contribution is 6.32. The van der Waals surface area contributed by atoms with E-state index in [0.29, 0.717) is 0 Å². The zero-order valence-corrected chi connectivity index (χ0v) is 8.88. The number of ether oxygens (including phenoxy) is 2. The Morgan fingerprint density at radius 3 is 2.87 bits per heavy atom. The Morgan fingerprint density at radius 2 is 2.27 bits per heavy atom. The normalized spacial score (nSPS) is 9.80. The molecule has 0 bridgehead atoms. The van der Waals surface area contributed by atoms with Crippen LogP contribution in [-0.4, -0.2) is 19.7 Å². The van der Waals surface area contributed by atoms with Gasteiger partial charge in [0.05, 0.1) is 25.2 Å². The van der Waals surface area contributed by atoms with E-state index in [4.69, 9.17) is 16.3 Å². The van der Waals surface area contributed by atoms with Crippen molar-refractivity contribution in [1.82, 2.24) is 0 Å². The third-order valence-corrected chi connectivity index (χ3v) is 2.00. The van der Waals surface area contributed by atoms with Crippen molar-refractivity contribution in [2.45, 2.75) is 6.42 Å². The summed E-state index contributed by atoms with van der Waals surface area (Å²) in [7, 11) is 1.28. The Balaban J connectivity index is 2.54. The fraction of sp³-hybridized carbons (Fsp3) is 0.300. The molecule has 0 aliphatic carbocycles. The van der Waals surface area contributed by atoms with Crippen molar-refractivity contribution < 1.29 is 18.7 Å². The number of halogens is 2. The molecule has 0 aliphatic heterocycles. The van der Waals surface area contributed by atoms with Gasteiger partial charge in [0.2, 0.25) is 0 Å². The van der Waals surface area contributed by atoms with Gasteiger partial charge in [0.15, 0.2) is 11.6 Å².